The van der Waals surface area contributed by atoms with Gasteiger partial charge in [-0.1, -0.05) is 73.3 Å². The predicted octanol–water partition coefficient (Wildman–Crippen LogP) is 2.79. The van der Waals surface area contributed by atoms with Gasteiger partial charge in [0.25, 0.3) is 5.91 Å². The summed E-state index contributed by atoms with van der Waals surface area (Å²) in [5.74, 6) is -3.55. The maximum Gasteiger partial charge on any atom is 0.315 e. The second kappa shape index (κ2) is 16.4. The third-order valence-electron chi connectivity index (χ3n) is 11.8. The number of amides is 5. The van der Waals surface area contributed by atoms with Gasteiger partial charge in [-0.05, 0) is 47.8 Å². The van der Waals surface area contributed by atoms with E-state index in [-0.39, 0.29) is 67.5 Å². The molecule has 5 amide bonds. The summed E-state index contributed by atoms with van der Waals surface area (Å²) in [6, 6.07) is -2.98. The second-order valence-corrected chi connectivity index (χ2v) is 18.6. The number of carbonyl (C=O) groups is 6. The van der Waals surface area contributed by atoms with E-state index in [4.69, 9.17) is 0 Å². The molecule has 15 heteroatoms. The maximum atomic E-state index is 14.7. The van der Waals surface area contributed by atoms with Crippen molar-refractivity contribution in [3.05, 3.63) is 12.7 Å². The Labute approximate surface area is 309 Å². The van der Waals surface area contributed by atoms with Crippen LogP contribution in [0.3, 0.4) is 0 Å². The molecular weight excluding hydrogens is 689 g/mol. The highest BCUT2D eigenvalue weighted by Crippen LogP contribution is 2.65. The molecular formula is C37H60N6O8S. The Morgan fingerprint density at radius 3 is 2.21 bits per heavy atom. The van der Waals surface area contributed by atoms with Crippen LogP contribution >= 0.6 is 0 Å². The maximum absolute atomic E-state index is 14.7. The summed E-state index contributed by atoms with van der Waals surface area (Å²) < 4.78 is 28.1. The third-order valence-corrected chi connectivity index (χ3v) is 13.8. The van der Waals surface area contributed by atoms with Crippen LogP contribution in [-0.2, 0) is 34.2 Å². The molecule has 0 aromatic rings. The zero-order valence-corrected chi connectivity index (χ0v) is 32.9. The van der Waals surface area contributed by atoms with Crippen LogP contribution < -0.4 is 16.0 Å². The Kier molecular flexibility index (Phi) is 13.0. The van der Waals surface area contributed by atoms with E-state index in [1.54, 1.807) is 4.90 Å². The average Bonchev–Trinajstić information content (AvgIpc) is 3.34. The minimum absolute atomic E-state index is 0.0311. The molecule has 4 rings (SSSR count). The molecule has 0 radical (unpaired) electrons. The highest BCUT2D eigenvalue weighted by molar-refractivity contribution is 7.87. The highest BCUT2D eigenvalue weighted by atomic mass is 32.2. The summed E-state index contributed by atoms with van der Waals surface area (Å²) >= 11 is 0. The quantitative estimate of drug-likeness (QED) is 0.169. The average molecular weight is 749 g/mol. The minimum Gasteiger partial charge on any atom is -0.346 e. The van der Waals surface area contributed by atoms with E-state index in [2.05, 4.69) is 36.4 Å². The van der Waals surface area contributed by atoms with Gasteiger partial charge in [-0.15, -0.1) is 6.58 Å². The number of fused-ring (bicyclic) bond motifs is 1. The van der Waals surface area contributed by atoms with Gasteiger partial charge < -0.3 is 20.9 Å². The normalized spacial score (nSPS) is 25.7. The molecule has 0 aromatic heterocycles. The van der Waals surface area contributed by atoms with E-state index in [0.29, 0.717) is 19.4 Å². The van der Waals surface area contributed by atoms with E-state index < -0.39 is 63.3 Å². The molecule has 4 aliphatic rings. The zero-order valence-electron chi connectivity index (χ0n) is 32.0. The zero-order chi connectivity index (χ0) is 38.8. The topological polar surface area (TPSA) is 182 Å². The standard InChI is InChI=1S/C37H60N6O8S/c1-9-14-25(32(46)33(47)38-17-10-2)20-27(45)31-29-26(37(29,7)8)21-42(31)34(48)30(24-15-12-11-13-16-24)40-35(49)39-28(36(4,5)6)22-41-18-19-43(23(3)44)52(41,50)51/h10,24-26,28-31H,2,9,11-22H2,1,3-8H3,(H,38,47)(H2,39,40,49)/t25?,26-,28+,29-,30-,31+/m0/s1. The largest absolute Gasteiger partial charge is 0.346 e. The van der Waals surface area contributed by atoms with Crippen LogP contribution in [-0.4, -0.2) is 108 Å². The first-order chi connectivity index (χ1) is 24.3. The van der Waals surface area contributed by atoms with Crippen molar-refractivity contribution in [2.45, 2.75) is 118 Å². The lowest BCUT2D eigenvalue weighted by atomic mass is 9.82. The van der Waals surface area contributed by atoms with Crippen molar-refractivity contribution in [2.75, 3.05) is 32.7 Å². The second-order valence-electron chi connectivity index (χ2n) is 16.8. The van der Waals surface area contributed by atoms with E-state index in [1.165, 1.54) is 17.3 Å². The van der Waals surface area contributed by atoms with E-state index in [0.717, 1.165) is 36.4 Å². The lowest BCUT2D eigenvalue weighted by Crippen LogP contribution is -2.60. The van der Waals surface area contributed by atoms with Crippen molar-refractivity contribution in [2.24, 2.45) is 34.5 Å². The fraction of sp³-hybridized carbons (Fsp3) is 0.784. The number of piperidine rings is 1. The van der Waals surface area contributed by atoms with Crippen molar-refractivity contribution in [1.29, 1.82) is 0 Å². The van der Waals surface area contributed by atoms with Crippen LogP contribution in [0.2, 0.25) is 0 Å². The lowest BCUT2D eigenvalue weighted by Gasteiger charge is -2.38. The monoisotopic (exact) mass is 748 g/mol. The number of urea groups is 1. The number of hydrogen-bond acceptors (Lipinski definition) is 8. The van der Waals surface area contributed by atoms with Gasteiger partial charge in [0.05, 0.1) is 12.6 Å². The van der Waals surface area contributed by atoms with E-state index >= 15 is 0 Å². The Hall–Kier alpha value is -3.33. The van der Waals surface area contributed by atoms with E-state index in [9.17, 15) is 37.2 Å². The van der Waals surface area contributed by atoms with Gasteiger partial charge in [0, 0.05) is 51.5 Å². The molecule has 0 bridgehead atoms. The Morgan fingerprint density at radius 1 is 1.00 bits per heavy atom. The predicted molar refractivity (Wildman–Crippen MR) is 196 cm³/mol. The van der Waals surface area contributed by atoms with Crippen LogP contribution in [0, 0.1) is 34.5 Å². The Bertz CT molecular complexity index is 1520. The molecule has 0 spiro atoms. The molecule has 6 atom stereocenters. The van der Waals surface area contributed by atoms with Gasteiger partial charge in [0.1, 0.15) is 6.04 Å². The van der Waals surface area contributed by atoms with E-state index in [1.807, 2.05) is 27.7 Å². The summed E-state index contributed by atoms with van der Waals surface area (Å²) in [4.78, 5) is 81.9. The van der Waals surface area contributed by atoms with Crippen molar-refractivity contribution >= 4 is 45.5 Å². The molecule has 4 fully saturated rings. The fourth-order valence-corrected chi connectivity index (χ4v) is 10.1. The van der Waals surface area contributed by atoms with Crippen LogP contribution in [0.15, 0.2) is 12.7 Å². The van der Waals surface area contributed by atoms with Crippen molar-refractivity contribution in [3.63, 3.8) is 0 Å². The number of likely N-dealkylation sites (tertiary alicyclic amines) is 1. The first-order valence-corrected chi connectivity index (χ1v) is 20.3. The molecule has 52 heavy (non-hydrogen) atoms. The molecule has 2 aliphatic carbocycles. The molecule has 3 N–H and O–H groups in total. The number of hydrogen-bond donors (Lipinski definition) is 3. The first kappa shape index (κ1) is 41.4. The summed E-state index contributed by atoms with van der Waals surface area (Å²) in [5.41, 5.74) is -0.767. The molecule has 2 saturated carbocycles. The highest BCUT2D eigenvalue weighted by Gasteiger charge is 2.69. The molecule has 14 nitrogen and oxygen atoms in total. The number of carbonyl (C=O) groups excluding carboxylic acids is 6. The van der Waals surface area contributed by atoms with Crippen molar-refractivity contribution in [3.8, 4) is 0 Å². The van der Waals surface area contributed by atoms with Gasteiger partial charge in [-0.25, -0.2) is 9.10 Å². The summed E-state index contributed by atoms with van der Waals surface area (Å²) in [5, 5.41) is 8.42. The lowest BCUT2D eigenvalue weighted by molar-refractivity contribution is -0.144. The number of rotatable bonds is 15. The van der Waals surface area contributed by atoms with Crippen LogP contribution in [0.5, 0.6) is 0 Å². The number of nitrogens with zero attached hydrogens (tertiary/aromatic N) is 3. The molecule has 2 aliphatic heterocycles. The van der Waals surface area contributed by atoms with Gasteiger partial charge in [-0.2, -0.15) is 12.7 Å². The fourth-order valence-electron chi connectivity index (χ4n) is 8.54. The molecule has 2 heterocycles. The van der Waals surface area contributed by atoms with Crippen molar-refractivity contribution < 1.29 is 37.2 Å². The van der Waals surface area contributed by atoms with Gasteiger partial charge in [-0.3, -0.25) is 24.0 Å². The number of nitrogens with one attached hydrogen (secondary N) is 3. The minimum atomic E-state index is -4.03. The van der Waals surface area contributed by atoms with Crippen LogP contribution in [0.1, 0.15) is 99.8 Å². The first-order valence-electron chi connectivity index (χ1n) is 18.9. The van der Waals surface area contributed by atoms with Gasteiger partial charge in [0.2, 0.25) is 17.6 Å². The van der Waals surface area contributed by atoms with Crippen LogP contribution in [0.25, 0.3) is 0 Å². The molecule has 1 unspecified atom stereocenters. The number of Topliss-reactive ketones (excluding diaryl/α,β-unsaturated/α-hetero) is 2. The SMILES string of the molecule is C=CCNC(=O)C(=O)C(CCC)CC(=O)[C@@H]1[C@@H]2[C@H](CN1C(=O)[C@@H](NC(=O)N[C@H](CN1CCN(C(C)=O)S1(=O)=O)C(C)(C)C)C1CCCCC1)C2(C)C. The Morgan fingerprint density at radius 2 is 1.65 bits per heavy atom. The molecule has 2 saturated heterocycles. The van der Waals surface area contributed by atoms with Gasteiger partial charge >= 0.3 is 16.2 Å². The summed E-state index contributed by atoms with van der Waals surface area (Å²) in [6.45, 7) is 17.0. The van der Waals surface area contributed by atoms with Crippen molar-refractivity contribution in [1.82, 2.24) is 29.5 Å². The number of ketones is 2. The molecule has 292 valence electrons. The Balaban J connectivity index is 1.55. The molecule has 0 aromatic carbocycles. The third kappa shape index (κ3) is 8.88. The summed E-state index contributed by atoms with van der Waals surface area (Å²) in [7, 11) is -4.03. The smallest absolute Gasteiger partial charge is 0.315 e. The van der Waals surface area contributed by atoms with Crippen LogP contribution in [0.4, 0.5) is 4.79 Å². The van der Waals surface area contributed by atoms with Gasteiger partial charge in [0.15, 0.2) is 5.78 Å². The summed E-state index contributed by atoms with van der Waals surface area (Å²) in [6.07, 6.45) is 6.55.